The molecule has 5 aliphatic rings. The second-order valence-corrected chi connectivity index (χ2v) is 15.0. The molecule has 4 aliphatic heterocycles. The maximum atomic E-state index is 14.1. The van der Waals surface area contributed by atoms with Crippen molar-refractivity contribution in [1.29, 1.82) is 0 Å². The SMILES string of the molecule is CC[C@H]1O[C@]2(CC[C@@H]1C)C[C@@H]1C[C@@H](C/C=C(\C)[C@H](OCCc3cccc(N)c3)[C@@H](C)/C=C/C=C3\CO[C@H]4[C@H](O)C(C)=C[C@@H](C(=O)O1)[C@]34O)O2. The van der Waals surface area contributed by atoms with Crippen LogP contribution in [0.25, 0.3) is 0 Å². The number of hydrogen-bond acceptors (Lipinski definition) is 9. The van der Waals surface area contributed by atoms with Crippen LogP contribution in [0.4, 0.5) is 5.69 Å². The molecule has 0 saturated carbocycles. The van der Waals surface area contributed by atoms with Crippen LogP contribution >= 0.6 is 0 Å². The first-order valence-corrected chi connectivity index (χ1v) is 18.2. The smallest absolute Gasteiger partial charge is 0.316 e. The highest BCUT2D eigenvalue weighted by molar-refractivity contribution is 5.78. The number of rotatable bonds is 5. The molecule has 0 radical (unpaired) electrons. The molecule has 3 saturated heterocycles. The standard InChI is InChI=1S/C40H55NO8/c1-6-34-24(2)15-17-39(49-34)22-32-21-31(48-39)14-13-26(4)36(45-18-16-28-10-8-12-30(41)20-28)25(3)9-7-11-29-23-46-37-35(42)27(5)19-33(38(43)47-32)40(29,37)44/h7-13,19-20,24-25,31-37,42,44H,6,14-18,21-23,41H2,1-5H3/b9-7+,26-13+,29-11+/t24-,25-,31+,32-,33-,34+,35+,36+,37-,39+,40+/m0/s1. The van der Waals surface area contributed by atoms with Crippen LogP contribution in [-0.2, 0) is 34.9 Å². The van der Waals surface area contributed by atoms with Crippen molar-refractivity contribution in [2.24, 2.45) is 17.8 Å². The minimum atomic E-state index is -1.75. The molecule has 0 unspecified atom stereocenters. The van der Waals surface area contributed by atoms with E-state index in [9.17, 15) is 15.0 Å². The van der Waals surface area contributed by atoms with Gasteiger partial charge in [0.05, 0.1) is 31.5 Å². The lowest BCUT2D eigenvalue weighted by atomic mass is 9.71. The number of esters is 1. The molecular formula is C40H55NO8. The van der Waals surface area contributed by atoms with E-state index in [4.69, 9.17) is 29.4 Å². The van der Waals surface area contributed by atoms with E-state index < -0.39 is 41.6 Å². The summed E-state index contributed by atoms with van der Waals surface area (Å²) < 4.78 is 32.4. The summed E-state index contributed by atoms with van der Waals surface area (Å²) >= 11 is 0. The molecule has 268 valence electrons. The van der Waals surface area contributed by atoms with Crippen LogP contribution in [0.1, 0.15) is 78.7 Å². The number of allylic oxidation sites excluding steroid dienone is 2. The van der Waals surface area contributed by atoms with E-state index in [2.05, 4.69) is 45.9 Å². The van der Waals surface area contributed by atoms with Crippen molar-refractivity contribution in [2.45, 2.75) is 128 Å². The molecule has 4 N–H and O–H groups in total. The van der Waals surface area contributed by atoms with E-state index in [1.54, 1.807) is 13.0 Å². The Bertz CT molecular complexity index is 1480. The van der Waals surface area contributed by atoms with E-state index in [1.807, 2.05) is 30.4 Å². The van der Waals surface area contributed by atoms with Crippen molar-refractivity contribution in [3.63, 3.8) is 0 Å². The van der Waals surface area contributed by atoms with E-state index in [0.29, 0.717) is 42.9 Å². The Kier molecular flexibility index (Phi) is 10.9. The number of carbonyl (C=O) groups is 1. The number of nitrogen functional groups attached to an aromatic ring is 1. The van der Waals surface area contributed by atoms with Crippen LogP contribution in [0.2, 0.25) is 0 Å². The Hall–Kier alpha value is -2.79. The summed E-state index contributed by atoms with van der Waals surface area (Å²) in [7, 11) is 0. The zero-order chi connectivity index (χ0) is 34.9. The van der Waals surface area contributed by atoms with Gasteiger partial charge < -0.3 is 39.6 Å². The Labute approximate surface area is 291 Å². The van der Waals surface area contributed by atoms with Gasteiger partial charge in [0, 0.05) is 30.9 Å². The molecular weight excluding hydrogens is 622 g/mol. The van der Waals surface area contributed by atoms with Gasteiger partial charge in [0.2, 0.25) is 0 Å². The number of carbonyl (C=O) groups excluding carboxylic acids is 1. The van der Waals surface area contributed by atoms with Crippen LogP contribution in [0.5, 0.6) is 0 Å². The molecule has 1 aromatic carbocycles. The molecule has 0 amide bonds. The fourth-order valence-corrected chi connectivity index (χ4v) is 8.50. The van der Waals surface area contributed by atoms with Gasteiger partial charge in [0.15, 0.2) is 5.79 Å². The summed E-state index contributed by atoms with van der Waals surface area (Å²) in [6, 6.07) is 7.87. The third kappa shape index (κ3) is 7.48. The number of aliphatic hydroxyl groups excluding tert-OH is 1. The van der Waals surface area contributed by atoms with Crippen LogP contribution in [0.3, 0.4) is 0 Å². The van der Waals surface area contributed by atoms with E-state index >= 15 is 0 Å². The van der Waals surface area contributed by atoms with Gasteiger partial charge in [0.1, 0.15) is 29.8 Å². The largest absolute Gasteiger partial charge is 0.462 e. The van der Waals surface area contributed by atoms with E-state index in [-0.39, 0.29) is 30.8 Å². The number of benzene rings is 1. The molecule has 0 aromatic heterocycles. The van der Waals surface area contributed by atoms with Crippen molar-refractivity contribution in [2.75, 3.05) is 18.9 Å². The van der Waals surface area contributed by atoms with Gasteiger partial charge in [0.25, 0.3) is 0 Å². The molecule has 9 nitrogen and oxygen atoms in total. The molecule has 6 rings (SSSR count). The van der Waals surface area contributed by atoms with Crippen molar-refractivity contribution >= 4 is 11.7 Å². The lowest BCUT2D eigenvalue weighted by Crippen LogP contribution is -2.58. The van der Waals surface area contributed by atoms with Gasteiger partial charge in [-0.05, 0) is 79.9 Å². The number of hydrogen-bond donors (Lipinski definition) is 3. The quantitative estimate of drug-likeness (QED) is 0.203. The molecule has 11 atom stereocenters. The maximum absolute atomic E-state index is 14.1. The van der Waals surface area contributed by atoms with Crippen LogP contribution in [-0.4, -0.2) is 77.4 Å². The summed E-state index contributed by atoms with van der Waals surface area (Å²) in [5.74, 6) is -2.03. The molecule has 3 fully saturated rings. The minimum Gasteiger partial charge on any atom is -0.462 e. The number of ether oxygens (including phenoxy) is 5. The lowest BCUT2D eigenvalue weighted by Gasteiger charge is -2.50. The second-order valence-electron chi connectivity index (χ2n) is 15.0. The first-order chi connectivity index (χ1) is 23.4. The van der Waals surface area contributed by atoms with Gasteiger partial charge in [-0.2, -0.15) is 0 Å². The fourth-order valence-electron chi connectivity index (χ4n) is 8.50. The third-order valence-electron chi connectivity index (χ3n) is 11.4. The van der Waals surface area contributed by atoms with E-state index in [1.165, 1.54) is 0 Å². The number of anilines is 1. The Balaban J connectivity index is 1.34. The topological polar surface area (TPSA) is 130 Å². The Morgan fingerprint density at radius 1 is 1.12 bits per heavy atom. The van der Waals surface area contributed by atoms with Gasteiger partial charge in [-0.3, -0.25) is 4.79 Å². The number of nitrogens with two attached hydrogens (primary N) is 1. The predicted octanol–water partition coefficient (Wildman–Crippen LogP) is 5.74. The Morgan fingerprint density at radius 2 is 1.94 bits per heavy atom. The zero-order valence-corrected chi connectivity index (χ0v) is 29.7. The Morgan fingerprint density at radius 3 is 2.71 bits per heavy atom. The summed E-state index contributed by atoms with van der Waals surface area (Å²) in [5, 5.41) is 23.3. The molecule has 9 heteroatoms. The van der Waals surface area contributed by atoms with Crippen molar-refractivity contribution < 1.29 is 38.7 Å². The summed E-state index contributed by atoms with van der Waals surface area (Å²) in [6.45, 7) is 10.9. The van der Waals surface area contributed by atoms with Crippen LogP contribution < -0.4 is 5.73 Å². The van der Waals surface area contributed by atoms with Crippen molar-refractivity contribution in [3.05, 3.63) is 76.9 Å². The summed E-state index contributed by atoms with van der Waals surface area (Å²) in [4.78, 5) is 14.1. The summed E-state index contributed by atoms with van der Waals surface area (Å²) in [5.41, 5.74) is 8.31. The van der Waals surface area contributed by atoms with Crippen LogP contribution in [0.15, 0.2) is 71.4 Å². The van der Waals surface area contributed by atoms with Gasteiger partial charge >= 0.3 is 5.97 Å². The number of fused-ring (bicyclic) bond motifs is 2. The highest BCUT2D eigenvalue weighted by Gasteiger charge is 2.60. The first-order valence-electron chi connectivity index (χ1n) is 18.2. The monoisotopic (exact) mass is 677 g/mol. The molecule has 1 aliphatic carbocycles. The average Bonchev–Trinajstić information content (AvgIpc) is 3.41. The van der Waals surface area contributed by atoms with Crippen LogP contribution in [0, 0.1) is 17.8 Å². The molecule has 4 heterocycles. The second kappa shape index (κ2) is 14.8. The minimum absolute atomic E-state index is 0.0192. The highest BCUT2D eigenvalue weighted by Crippen LogP contribution is 2.47. The molecule has 49 heavy (non-hydrogen) atoms. The molecule has 1 aromatic rings. The van der Waals surface area contributed by atoms with Crippen molar-refractivity contribution in [1.82, 2.24) is 0 Å². The number of aliphatic hydroxyl groups is 2. The zero-order valence-electron chi connectivity index (χ0n) is 29.7. The normalized spacial score (nSPS) is 42.6. The first kappa shape index (κ1) is 36.0. The molecule has 1 spiro atoms. The highest BCUT2D eigenvalue weighted by atomic mass is 16.7. The fraction of sp³-hybridized carbons (Fsp3) is 0.625. The van der Waals surface area contributed by atoms with Gasteiger partial charge in [-0.1, -0.05) is 63.3 Å². The third-order valence-corrected chi connectivity index (χ3v) is 11.4. The summed E-state index contributed by atoms with van der Waals surface area (Å²) in [6.07, 6.45) is 11.5. The van der Waals surface area contributed by atoms with E-state index in [0.717, 1.165) is 42.5 Å². The van der Waals surface area contributed by atoms with Crippen molar-refractivity contribution in [3.8, 4) is 0 Å². The van der Waals surface area contributed by atoms with Gasteiger partial charge in [-0.15, -0.1) is 0 Å². The average molecular weight is 678 g/mol. The van der Waals surface area contributed by atoms with Gasteiger partial charge in [-0.25, -0.2) is 0 Å². The lowest BCUT2D eigenvalue weighted by molar-refractivity contribution is -0.335. The predicted molar refractivity (Wildman–Crippen MR) is 187 cm³/mol. The maximum Gasteiger partial charge on any atom is 0.316 e. The molecule has 2 bridgehead atoms.